The smallest absolute Gasteiger partial charge is 0.414 e. The van der Waals surface area contributed by atoms with Crippen molar-refractivity contribution in [1.82, 2.24) is 5.32 Å². The Labute approximate surface area is 122 Å². The number of imide groups is 1. The zero-order valence-electron chi connectivity index (χ0n) is 13.2. The van der Waals surface area contributed by atoms with Crippen molar-refractivity contribution in [2.75, 3.05) is 0 Å². The lowest BCUT2D eigenvalue weighted by Gasteiger charge is -2.21. The molecule has 1 aliphatic rings. The number of carbonyl (C=O) groups excluding carboxylic acids is 2. The van der Waals surface area contributed by atoms with Crippen LogP contribution in [0.2, 0.25) is 0 Å². The molecule has 4 heteroatoms. The Kier molecular flexibility index (Phi) is 7.03. The lowest BCUT2D eigenvalue weighted by Crippen LogP contribution is -2.36. The fourth-order valence-electron chi connectivity index (χ4n) is 2.67. The van der Waals surface area contributed by atoms with E-state index in [0.717, 1.165) is 18.8 Å². The van der Waals surface area contributed by atoms with Gasteiger partial charge in [-0.2, -0.15) is 0 Å². The number of hydrogen-bond donors (Lipinski definition) is 1. The minimum absolute atomic E-state index is 0.233. The van der Waals surface area contributed by atoms with Crippen LogP contribution in [0.3, 0.4) is 0 Å². The highest BCUT2D eigenvalue weighted by molar-refractivity contribution is 5.91. The van der Waals surface area contributed by atoms with Crippen LogP contribution in [0.15, 0.2) is 0 Å². The molecule has 0 spiro atoms. The summed E-state index contributed by atoms with van der Waals surface area (Å²) in [6.45, 7) is 5.34. The SMILES string of the molecule is CC(C)(C)OC(=O)NC(=O)CCCCC1CCCCC1. The molecule has 0 aromatic carbocycles. The summed E-state index contributed by atoms with van der Waals surface area (Å²) in [6.07, 6.45) is 9.73. The monoisotopic (exact) mass is 283 g/mol. The van der Waals surface area contributed by atoms with E-state index in [-0.39, 0.29) is 5.91 Å². The van der Waals surface area contributed by atoms with E-state index in [1.165, 1.54) is 38.5 Å². The maximum atomic E-state index is 11.6. The number of rotatable bonds is 5. The first-order valence-corrected chi connectivity index (χ1v) is 7.89. The van der Waals surface area contributed by atoms with E-state index in [2.05, 4.69) is 5.32 Å². The molecule has 1 fully saturated rings. The normalized spacial score (nSPS) is 16.8. The van der Waals surface area contributed by atoms with Gasteiger partial charge in [0.1, 0.15) is 5.60 Å². The van der Waals surface area contributed by atoms with Crippen molar-refractivity contribution in [1.29, 1.82) is 0 Å². The van der Waals surface area contributed by atoms with Crippen molar-refractivity contribution < 1.29 is 14.3 Å². The average molecular weight is 283 g/mol. The molecule has 0 bridgehead atoms. The number of amides is 2. The summed E-state index contributed by atoms with van der Waals surface area (Å²) >= 11 is 0. The van der Waals surface area contributed by atoms with Gasteiger partial charge in [0.05, 0.1) is 0 Å². The number of nitrogens with one attached hydrogen (secondary N) is 1. The summed E-state index contributed by atoms with van der Waals surface area (Å²) in [6, 6.07) is 0. The highest BCUT2D eigenvalue weighted by Gasteiger charge is 2.18. The first-order valence-electron chi connectivity index (χ1n) is 7.89. The molecular weight excluding hydrogens is 254 g/mol. The fraction of sp³-hybridized carbons (Fsp3) is 0.875. The van der Waals surface area contributed by atoms with Crippen LogP contribution in [-0.4, -0.2) is 17.6 Å². The van der Waals surface area contributed by atoms with Crippen molar-refractivity contribution in [3.05, 3.63) is 0 Å². The molecule has 0 aliphatic heterocycles. The highest BCUT2D eigenvalue weighted by atomic mass is 16.6. The van der Waals surface area contributed by atoms with Crippen molar-refractivity contribution in [3.8, 4) is 0 Å². The first kappa shape index (κ1) is 17.0. The average Bonchev–Trinajstić information content (AvgIpc) is 2.33. The Morgan fingerprint density at radius 1 is 1.10 bits per heavy atom. The summed E-state index contributed by atoms with van der Waals surface area (Å²) in [5.41, 5.74) is -0.564. The molecule has 20 heavy (non-hydrogen) atoms. The molecule has 4 nitrogen and oxygen atoms in total. The van der Waals surface area contributed by atoms with E-state index in [9.17, 15) is 9.59 Å². The third-order valence-corrected chi connectivity index (χ3v) is 3.63. The van der Waals surface area contributed by atoms with Gasteiger partial charge in [-0.15, -0.1) is 0 Å². The number of hydrogen-bond acceptors (Lipinski definition) is 3. The quantitative estimate of drug-likeness (QED) is 0.770. The molecule has 1 rings (SSSR count). The molecule has 1 N–H and O–H groups in total. The van der Waals surface area contributed by atoms with Gasteiger partial charge >= 0.3 is 6.09 Å². The van der Waals surface area contributed by atoms with Crippen LogP contribution in [0.4, 0.5) is 4.79 Å². The minimum Gasteiger partial charge on any atom is -0.444 e. The molecule has 0 saturated heterocycles. The lowest BCUT2D eigenvalue weighted by molar-refractivity contribution is -0.120. The van der Waals surface area contributed by atoms with E-state index in [1.54, 1.807) is 20.8 Å². The van der Waals surface area contributed by atoms with E-state index in [1.807, 2.05) is 0 Å². The largest absolute Gasteiger partial charge is 0.444 e. The molecular formula is C16H29NO3. The van der Waals surface area contributed by atoms with Crippen molar-refractivity contribution >= 4 is 12.0 Å². The van der Waals surface area contributed by atoms with Gasteiger partial charge in [-0.1, -0.05) is 44.9 Å². The number of carbonyl (C=O) groups is 2. The van der Waals surface area contributed by atoms with Gasteiger partial charge in [-0.25, -0.2) is 4.79 Å². The molecule has 1 saturated carbocycles. The van der Waals surface area contributed by atoms with Crippen LogP contribution in [0, 0.1) is 5.92 Å². The number of ether oxygens (including phenoxy) is 1. The highest BCUT2D eigenvalue weighted by Crippen LogP contribution is 2.27. The Morgan fingerprint density at radius 3 is 2.35 bits per heavy atom. The van der Waals surface area contributed by atoms with Crippen LogP contribution < -0.4 is 5.32 Å². The van der Waals surface area contributed by atoms with E-state index < -0.39 is 11.7 Å². The standard InChI is InChI=1S/C16H29NO3/c1-16(2,3)20-15(19)17-14(18)12-8-7-11-13-9-5-4-6-10-13/h13H,4-12H2,1-3H3,(H,17,18,19). The summed E-state index contributed by atoms with van der Waals surface area (Å²) in [5.74, 6) is 0.626. The van der Waals surface area contributed by atoms with Gasteiger partial charge in [-0.05, 0) is 33.1 Å². The zero-order valence-corrected chi connectivity index (χ0v) is 13.2. The van der Waals surface area contributed by atoms with Crippen LogP contribution in [0.5, 0.6) is 0 Å². The minimum atomic E-state index is -0.644. The molecule has 0 unspecified atom stereocenters. The topological polar surface area (TPSA) is 55.4 Å². The van der Waals surface area contributed by atoms with Crippen LogP contribution >= 0.6 is 0 Å². The van der Waals surface area contributed by atoms with Crippen molar-refractivity contribution in [2.24, 2.45) is 5.92 Å². The van der Waals surface area contributed by atoms with Gasteiger partial charge in [0.15, 0.2) is 0 Å². The van der Waals surface area contributed by atoms with Crippen molar-refractivity contribution in [3.63, 3.8) is 0 Å². The van der Waals surface area contributed by atoms with Gasteiger partial charge in [0, 0.05) is 6.42 Å². The number of unbranched alkanes of at least 4 members (excludes halogenated alkanes) is 1. The van der Waals surface area contributed by atoms with Gasteiger partial charge in [-0.3, -0.25) is 10.1 Å². The van der Waals surface area contributed by atoms with E-state index in [0.29, 0.717) is 6.42 Å². The van der Waals surface area contributed by atoms with Crippen molar-refractivity contribution in [2.45, 2.75) is 84.2 Å². The van der Waals surface area contributed by atoms with Gasteiger partial charge in [0.25, 0.3) is 0 Å². The molecule has 0 heterocycles. The second-order valence-corrected chi connectivity index (χ2v) is 6.80. The summed E-state index contributed by atoms with van der Waals surface area (Å²) in [5, 5.41) is 2.27. The van der Waals surface area contributed by atoms with Crippen LogP contribution in [0.25, 0.3) is 0 Å². The molecule has 1 aliphatic carbocycles. The third kappa shape index (κ3) is 8.18. The van der Waals surface area contributed by atoms with Crippen LogP contribution in [-0.2, 0) is 9.53 Å². The van der Waals surface area contributed by atoms with E-state index >= 15 is 0 Å². The van der Waals surface area contributed by atoms with E-state index in [4.69, 9.17) is 4.74 Å². The Bertz CT molecular complexity index is 314. The molecule has 0 aromatic heterocycles. The Hall–Kier alpha value is -1.06. The molecule has 0 atom stereocenters. The fourth-order valence-corrected chi connectivity index (χ4v) is 2.67. The Morgan fingerprint density at radius 2 is 1.75 bits per heavy atom. The molecule has 0 aromatic rings. The van der Waals surface area contributed by atoms with Gasteiger partial charge in [0.2, 0.25) is 5.91 Å². The van der Waals surface area contributed by atoms with Gasteiger partial charge < -0.3 is 4.74 Å². The summed E-state index contributed by atoms with van der Waals surface area (Å²) < 4.78 is 5.04. The molecule has 2 amide bonds. The number of alkyl carbamates (subject to hydrolysis) is 1. The lowest BCUT2D eigenvalue weighted by atomic mass is 9.85. The third-order valence-electron chi connectivity index (χ3n) is 3.63. The zero-order chi connectivity index (χ0) is 15.0. The molecule has 116 valence electrons. The second kappa shape index (κ2) is 8.28. The Balaban J connectivity index is 2.06. The predicted molar refractivity (Wildman–Crippen MR) is 79.4 cm³/mol. The molecule has 0 radical (unpaired) electrons. The summed E-state index contributed by atoms with van der Waals surface area (Å²) in [4.78, 5) is 23.0. The van der Waals surface area contributed by atoms with Crippen LogP contribution in [0.1, 0.15) is 78.6 Å². The maximum absolute atomic E-state index is 11.6. The maximum Gasteiger partial charge on any atom is 0.414 e. The first-order chi connectivity index (χ1) is 9.37. The summed E-state index contributed by atoms with van der Waals surface area (Å²) in [7, 11) is 0. The predicted octanol–water partition coefficient (Wildman–Crippen LogP) is 4.18. The second-order valence-electron chi connectivity index (χ2n) is 6.80.